The maximum absolute atomic E-state index is 12.5. The first-order chi connectivity index (χ1) is 10.1. The van der Waals surface area contributed by atoms with Crippen molar-refractivity contribution in [3.63, 3.8) is 0 Å². The number of carbonyl (C=O) groups is 1. The van der Waals surface area contributed by atoms with E-state index in [1.54, 1.807) is 30.2 Å². The normalized spacial score (nSPS) is 17.0. The molecule has 0 spiro atoms. The highest BCUT2D eigenvalue weighted by atomic mass is 16.3. The van der Waals surface area contributed by atoms with E-state index in [0.29, 0.717) is 24.3 Å². The van der Waals surface area contributed by atoms with Gasteiger partial charge in [0, 0.05) is 19.3 Å². The fourth-order valence-electron chi connectivity index (χ4n) is 2.55. The molecule has 1 aliphatic rings. The number of aliphatic hydroxyl groups is 2. The number of nitrogens with zero attached hydrogens (tertiary/aromatic N) is 2. The summed E-state index contributed by atoms with van der Waals surface area (Å²) in [4.78, 5) is 18.4. The number of aliphatic hydroxyl groups excluding tert-OH is 2. The first-order valence-corrected chi connectivity index (χ1v) is 7.15. The van der Waals surface area contributed by atoms with E-state index < -0.39 is 0 Å². The predicted octanol–water partition coefficient (Wildman–Crippen LogP) is 0.658. The zero-order valence-corrected chi connectivity index (χ0v) is 12.1. The standard InChI is InChI=1S/C16H20N2O3/c1-12(20)13-6-9-18(10-7-13)16(21)15-14(5-3-11-19)4-2-8-17-15/h2,4,8,12-13,19-20H,6-7,9-11H2,1H3. The minimum Gasteiger partial charge on any atom is -0.393 e. The van der Waals surface area contributed by atoms with Gasteiger partial charge in [-0.05, 0) is 37.8 Å². The lowest BCUT2D eigenvalue weighted by molar-refractivity contribution is 0.0517. The molecule has 1 aliphatic heterocycles. The largest absolute Gasteiger partial charge is 0.393 e. The van der Waals surface area contributed by atoms with Gasteiger partial charge in [0.25, 0.3) is 5.91 Å². The van der Waals surface area contributed by atoms with Gasteiger partial charge in [-0.15, -0.1) is 0 Å². The molecule has 1 saturated heterocycles. The van der Waals surface area contributed by atoms with Crippen LogP contribution in [0.3, 0.4) is 0 Å². The number of piperidine rings is 1. The highest BCUT2D eigenvalue weighted by Crippen LogP contribution is 2.22. The SMILES string of the molecule is CC(O)C1CCN(C(=O)c2ncccc2C#CCO)CC1. The van der Waals surface area contributed by atoms with Crippen LogP contribution in [0.1, 0.15) is 35.8 Å². The van der Waals surface area contributed by atoms with E-state index in [9.17, 15) is 9.90 Å². The summed E-state index contributed by atoms with van der Waals surface area (Å²) < 4.78 is 0. The van der Waals surface area contributed by atoms with Gasteiger partial charge in [-0.3, -0.25) is 4.79 Å². The monoisotopic (exact) mass is 288 g/mol. The van der Waals surface area contributed by atoms with Crippen LogP contribution >= 0.6 is 0 Å². The van der Waals surface area contributed by atoms with Crippen LogP contribution in [0.15, 0.2) is 18.3 Å². The minimum atomic E-state index is -0.330. The third-order valence-corrected chi connectivity index (χ3v) is 3.82. The molecule has 2 N–H and O–H groups in total. The predicted molar refractivity (Wildman–Crippen MR) is 78.5 cm³/mol. The van der Waals surface area contributed by atoms with Gasteiger partial charge in [0.05, 0.1) is 11.7 Å². The summed E-state index contributed by atoms with van der Waals surface area (Å²) in [5, 5.41) is 18.4. The van der Waals surface area contributed by atoms with Gasteiger partial charge >= 0.3 is 0 Å². The Kier molecular flexibility index (Phi) is 5.32. The fraction of sp³-hybridized carbons (Fsp3) is 0.500. The van der Waals surface area contributed by atoms with Crippen LogP contribution in [0.25, 0.3) is 0 Å². The molecule has 0 radical (unpaired) electrons. The Bertz CT molecular complexity index is 552. The molecule has 1 aromatic rings. The summed E-state index contributed by atoms with van der Waals surface area (Å²) >= 11 is 0. The lowest BCUT2D eigenvalue weighted by Crippen LogP contribution is -2.41. The van der Waals surface area contributed by atoms with Crippen LogP contribution in [-0.4, -0.2) is 51.8 Å². The molecule has 1 amide bonds. The Labute approximate surface area is 124 Å². The number of hydrogen-bond donors (Lipinski definition) is 2. The van der Waals surface area contributed by atoms with Gasteiger partial charge in [0.1, 0.15) is 12.3 Å². The molecule has 0 bridgehead atoms. The molecule has 0 saturated carbocycles. The smallest absolute Gasteiger partial charge is 0.273 e. The number of carbonyl (C=O) groups excluding carboxylic acids is 1. The van der Waals surface area contributed by atoms with E-state index in [4.69, 9.17) is 5.11 Å². The molecule has 1 atom stereocenters. The van der Waals surface area contributed by atoms with Crippen LogP contribution in [-0.2, 0) is 0 Å². The zero-order valence-electron chi connectivity index (χ0n) is 12.1. The summed E-state index contributed by atoms with van der Waals surface area (Å²) in [6.45, 7) is 2.79. The molecule has 2 rings (SSSR count). The van der Waals surface area contributed by atoms with Crippen LogP contribution in [0.2, 0.25) is 0 Å². The molecule has 0 aromatic carbocycles. The van der Waals surface area contributed by atoms with Crippen molar-refractivity contribution in [2.75, 3.05) is 19.7 Å². The van der Waals surface area contributed by atoms with E-state index in [0.717, 1.165) is 12.8 Å². The minimum absolute atomic E-state index is 0.137. The van der Waals surface area contributed by atoms with Crippen molar-refractivity contribution >= 4 is 5.91 Å². The average Bonchev–Trinajstić information content (AvgIpc) is 2.52. The molecule has 1 aromatic heterocycles. The summed E-state index contributed by atoms with van der Waals surface area (Å²) in [5.74, 6) is 5.43. The molecule has 112 valence electrons. The third kappa shape index (κ3) is 3.81. The van der Waals surface area contributed by atoms with Gasteiger partial charge in [-0.1, -0.05) is 11.8 Å². The van der Waals surface area contributed by atoms with Crippen molar-refractivity contribution in [3.05, 3.63) is 29.6 Å². The van der Waals surface area contributed by atoms with Crippen molar-refractivity contribution in [2.24, 2.45) is 5.92 Å². The molecule has 5 nitrogen and oxygen atoms in total. The van der Waals surface area contributed by atoms with E-state index in [2.05, 4.69) is 16.8 Å². The summed E-state index contributed by atoms with van der Waals surface area (Å²) in [7, 11) is 0. The van der Waals surface area contributed by atoms with Gasteiger partial charge in [-0.25, -0.2) is 4.98 Å². The van der Waals surface area contributed by atoms with Crippen molar-refractivity contribution in [2.45, 2.75) is 25.9 Å². The Morgan fingerprint density at radius 1 is 1.52 bits per heavy atom. The van der Waals surface area contributed by atoms with Crippen molar-refractivity contribution in [3.8, 4) is 11.8 Å². The molecular weight excluding hydrogens is 268 g/mol. The van der Waals surface area contributed by atoms with E-state index in [1.165, 1.54) is 0 Å². The fourth-order valence-corrected chi connectivity index (χ4v) is 2.55. The Morgan fingerprint density at radius 2 is 2.24 bits per heavy atom. The Morgan fingerprint density at radius 3 is 2.86 bits per heavy atom. The summed E-state index contributed by atoms with van der Waals surface area (Å²) in [5.41, 5.74) is 0.864. The highest BCUT2D eigenvalue weighted by Gasteiger charge is 2.27. The lowest BCUT2D eigenvalue weighted by atomic mass is 9.92. The second kappa shape index (κ2) is 7.21. The van der Waals surface area contributed by atoms with Gasteiger partial charge < -0.3 is 15.1 Å². The molecular formula is C16H20N2O3. The summed E-state index contributed by atoms with van der Waals surface area (Å²) in [6.07, 6.45) is 2.84. The van der Waals surface area contributed by atoms with Crippen LogP contribution in [0.4, 0.5) is 0 Å². The topological polar surface area (TPSA) is 73.7 Å². The maximum Gasteiger partial charge on any atom is 0.273 e. The van der Waals surface area contributed by atoms with E-state index in [1.807, 2.05) is 0 Å². The van der Waals surface area contributed by atoms with E-state index >= 15 is 0 Å². The van der Waals surface area contributed by atoms with Gasteiger partial charge in [0.15, 0.2) is 0 Å². The number of amides is 1. The maximum atomic E-state index is 12.5. The highest BCUT2D eigenvalue weighted by molar-refractivity contribution is 5.94. The van der Waals surface area contributed by atoms with Gasteiger partial charge in [0.2, 0.25) is 0 Å². The quantitative estimate of drug-likeness (QED) is 0.784. The number of hydrogen-bond acceptors (Lipinski definition) is 4. The second-order valence-corrected chi connectivity index (χ2v) is 5.23. The number of likely N-dealkylation sites (tertiary alicyclic amines) is 1. The second-order valence-electron chi connectivity index (χ2n) is 5.23. The molecule has 1 unspecified atom stereocenters. The molecule has 0 aliphatic carbocycles. The zero-order chi connectivity index (χ0) is 15.2. The third-order valence-electron chi connectivity index (χ3n) is 3.82. The van der Waals surface area contributed by atoms with Crippen LogP contribution in [0.5, 0.6) is 0 Å². The number of pyridine rings is 1. The first-order valence-electron chi connectivity index (χ1n) is 7.15. The molecule has 21 heavy (non-hydrogen) atoms. The number of rotatable bonds is 2. The number of aromatic nitrogens is 1. The molecule has 2 heterocycles. The Balaban J connectivity index is 2.11. The Hall–Kier alpha value is -1.90. The summed E-state index contributed by atoms with van der Waals surface area (Å²) in [6, 6.07) is 3.45. The lowest BCUT2D eigenvalue weighted by Gasteiger charge is -2.33. The van der Waals surface area contributed by atoms with E-state index in [-0.39, 0.29) is 24.5 Å². The van der Waals surface area contributed by atoms with Crippen molar-refractivity contribution in [1.82, 2.24) is 9.88 Å². The first kappa shape index (κ1) is 15.5. The van der Waals surface area contributed by atoms with Crippen LogP contribution in [0, 0.1) is 17.8 Å². The van der Waals surface area contributed by atoms with Crippen LogP contribution < -0.4 is 0 Å². The average molecular weight is 288 g/mol. The molecule has 1 fully saturated rings. The molecule has 5 heteroatoms. The van der Waals surface area contributed by atoms with Crippen molar-refractivity contribution in [1.29, 1.82) is 0 Å². The van der Waals surface area contributed by atoms with Crippen molar-refractivity contribution < 1.29 is 15.0 Å². The van der Waals surface area contributed by atoms with Gasteiger partial charge in [-0.2, -0.15) is 0 Å².